The number of sulfonamides is 1. The molecule has 1 heterocycles. The summed E-state index contributed by atoms with van der Waals surface area (Å²) in [5.41, 5.74) is 3.36. The van der Waals surface area contributed by atoms with Crippen LogP contribution in [0.5, 0.6) is 5.75 Å². The molecule has 31 heavy (non-hydrogen) atoms. The minimum absolute atomic E-state index is 0.0124. The standard InChI is InChI=1S/C22H23N3O5S/c1-16-12-19(25-11-10-24-15-25)7-6-18(16)14-30-22(26)9-5-17-4-8-20(29-3)21(13-17)31(27,28)23-2/h4-13,15,23H,14H2,1-3H3/b9-5+. The molecule has 0 aliphatic carbocycles. The first-order valence-electron chi connectivity index (χ1n) is 9.38. The summed E-state index contributed by atoms with van der Waals surface area (Å²) in [7, 11) is -0.996. The second-order valence-electron chi connectivity index (χ2n) is 6.64. The number of hydrogen-bond donors (Lipinski definition) is 1. The summed E-state index contributed by atoms with van der Waals surface area (Å²) in [6, 6.07) is 10.4. The Bertz CT molecular complexity index is 1200. The molecule has 0 amide bonds. The Labute approximate surface area is 181 Å². The zero-order valence-corrected chi connectivity index (χ0v) is 18.2. The number of aromatic nitrogens is 2. The molecule has 0 atom stereocenters. The fraction of sp³-hybridized carbons (Fsp3) is 0.182. The number of benzene rings is 2. The lowest BCUT2D eigenvalue weighted by Gasteiger charge is -2.10. The van der Waals surface area contributed by atoms with Gasteiger partial charge in [-0.2, -0.15) is 0 Å². The number of imidazole rings is 1. The van der Waals surface area contributed by atoms with Crippen LogP contribution in [0.3, 0.4) is 0 Å². The molecule has 0 aliphatic rings. The van der Waals surface area contributed by atoms with Crippen LogP contribution in [0.25, 0.3) is 11.8 Å². The summed E-state index contributed by atoms with van der Waals surface area (Å²) in [5, 5.41) is 0. The topological polar surface area (TPSA) is 99.5 Å². The number of carbonyl (C=O) groups is 1. The van der Waals surface area contributed by atoms with E-state index in [0.717, 1.165) is 16.8 Å². The normalized spacial score (nSPS) is 11.6. The number of nitrogens with zero attached hydrogens (tertiary/aromatic N) is 2. The maximum atomic E-state index is 12.1. The molecule has 162 valence electrons. The van der Waals surface area contributed by atoms with E-state index in [1.54, 1.807) is 18.6 Å². The largest absolute Gasteiger partial charge is 0.495 e. The molecule has 3 rings (SSSR count). The molecule has 2 aromatic carbocycles. The quantitative estimate of drug-likeness (QED) is 0.426. The van der Waals surface area contributed by atoms with Crippen molar-refractivity contribution in [3.8, 4) is 11.4 Å². The lowest BCUT2D eigenvalue weighted by Crippen LogP contribution is -2.19. The molecular weight excluding hydrogens is 418 g/mol. The predicted octanol–water partition coefficient (Wildman–Crippen LogP) is 2.85. The van der Waals surface area contributed by atoms with Crippen LogP contribution >= 0.6 is 0 Å². The smallest absolute Gasteiger partial charge is 0.331 e. The van der Waals surface area contributed by atoms with Crippen molar-refractivity contribution in [3.05, 3.63) is 77.9 Å². The lowest BCUT2D eigenvalue weighted by molar-refractivity contribution is -0.138. The number of carbonyl (C=O) groups excluding carboxylic acids is 1. The van der Waals surface area contributed by atoms with Gasteiger partial charge in [0.1, 0.15) is 17.3 Å². The van der Waals surface area contributed by atoms with E-state index >= 15 is 0 Å². The molecule has 0 saturated heterocycles. The van der Waals surface area contributed by atoms with Crippen LogP contribution in [-0.4, -0.2) is 38.1 Å². The first-order chi connectivity index (χ1) is 14.8. The number of ether oxygens (including phenoxy) is 2. The molecule has 0 bridgehead atoms. The Morgan fingerprint density at radius 3 is 2.68 bits per heavy atom. The van der Waals surface area contributed by atoms with Crippen molar-refractivity contribution in [2.24, 2.45) is 0 Å². The molecule has 0 spiro atoms. The highest BCUT2D eigenvalue weighted by molar-refractivity contribution is 7.89. The third-order valence-corrected chi connectivity index (χ3v) is 6.09. The van der Waals surface area contributed by atoms with Crippen LogP contribution in [0.1, 0.15) is 16.7 Å². The molecule has 0 unspecified atom stereocenters. The number of methoxy groups -OCH3 is 1. The first kappa shape index (κ1) is 22.3. The Morgan fingerprint density at radius 2 is 2.03 bits per heavy atom. The van der Waals surface area contributed by atoms with Crippen molar-refractivity contribution in [2.75, 3.05) is 14.2 Å². The van der Waals surface area contributed by atoms with E-state index in [4.69, 9.17) is 9.47 Å². The van der Waals surface area contributed by atoms with Crippen LogP contribution in [0.4, 0.5) is 0 Å². The SMILES string of the molecule is CNS(=O)(=O)c1cc(/C=C/C(=O)OCc2ccc(-n3ccnc3)cc2C)ccc1OC. The second kappa shape index (κ2) is 9.59. The highest BCUT2D eigenvalue weighted by Crippen LogP contribution is 2.25. The molecule has 3 aromatic rings. The summed E-state index contributed by atoms with van der Waals surface area (Å²) in [6.45, 7) is 2.07. The van der Waals surface area contributed by atoms with Crippen molar-refractivity contribution in [1.29, 1.82) is 0 Å². The van der Waals surface area contributed by atoms with E-state index in [0.29, 0.717) is 5.56 Å². The Balaban J connectivity index is 1.67. The molecule has 1 aromatic heterocycles. The van der Waals surface area contributed by atoms with Crippen molar-refractivity contribution in [1.82, 2.24) is 14.3 Å². The molecule has 0 radical (unpaired) electrons. The van der Waals surface area contributed by atoms with Gasteiger partial charge < -0.3 is 14.0 Å². The van der Waals surface area contributed by atoms with Crippen molar-refractivity contribution >= 4 is 22.1 Å². The van der Waals surface area contributed by atoms with Gasteiger partial charge in [0.15, 0.2) is 0 Å². The zero-order valence-electron chi connectivity index (χ0n) is 17.4. The van der Waals surface area contributed by atoms with E-state index in [1.165, 1.54) is 38.4 Å². The van der Waals surface area contributed by atoms with Gasteiger partial charge in [0.25, 0.3) is 0 Å². The Kier molecular flexibility index (Phi) is 6.88. The fourth-order valence-corrected chi connectivity index (χ4v) is 3.82. The highest BCUT2D eigenvalue weighted by atomic mass is 32.2. The summed E-state index contributed by atoms with van der Waals surface area (Å²) >= 11 is 0. The Morgan fingerprint density at radius 1 is 1.23 bits per heavy atom. The van der Waals surface area contributed by atoms with Crippen molar-refractivity contribution in [3.63, 3.8) is 0 Å². The molecular formula is C22H23N3O5S. The molecule has 0 saturated carbocycles. The molecule has 8 nitrogen and oxygen atoms in total. The molecule has 1 N–H and O–H groups in total. The van der Waals surface area contributed by atoms with E-state index in [9.17, 15) is 13.2 Å². The maximum Gasteiger partial charge on any atom is 0.331 e. The van der Waals surface area contributed by atoms with Crippen LogP contribution in [0.2, 0.25) is 0 Å². The minimum Gasteiger partial charge on any atom is -0.495 e. The number of rotatable bonds is 8. The van der Waals surface area contributed by atoms with Gasteiger partial charge in [-0.05, 0) is 61.0 Å². The Hall–Kier alpha value is -3.43. The van der Waals surface area contributed by atoms with Gasteiger partial charge in [0.05, 0.1) is 13.4 Å². The van der Waals surface area contributed by atoms with Gasteiger partial charge in [0, 0.05) is 24.2 Å². The van der Waals surface area contributed by atoms with E-state index in [-0.39, 0.29) is 17.3 Å². The fourth-order valence-electron chi connectivity index (χ4n) is 2.89. The summed E-state index contributed by atoms with van der Waals surface area (Å²) < 4.78 is 38.9. The van der Waals surface area contributed by atoms with E-state index in [1.807, 2.05) is 35.9 Å². The zero-order chi connectivity index (χ0) is 22.4. The molecule has 9 heteroatoms. The third kappa shape index (κ3) is 5.39. The van der Waals surface area contributed by atoms with Gasteiger partial charge in [-0.15, -0.1) is 0 Å². The maximum absolute atomic E-state index is 12.1. The van der Waals surface area contributed by atoms with Gasteiger partial charge in [-0.3, -0.25) is 0 Å². The minimum atomic E-state index is -3.70. The van der Waals surface area contributed by atoms with Crippen LogP contribution in [0, 0.1) is 6.92 Å². The monoisotopic (exact) mass is 441 g/mol. The van der Waals surface area contributed by atoms with Crippen LogP contribution in [-0.2, 0) is 26.2 Å². The number of esters is 1. The van der Waals surface area contributed by atoms with Crippen LogP contribution in [0.15, 0.2) is 66.1 Å². The summed E-state index contributed by atoms with van der Waals surface area (Å²) in [4.78, 5) is 16.2. The lowest BCUT2D eigenvalue weighted by atomic mass is 10.1. The molecule has 0 fully saturated rings. The average molecular weight is 442 g/mol. The van der Waals surface area contributed by atoms with E-state index < -0.39 is 16.0 Å². The van der Waals surface area contributed by atoms with Gasteiger partial charge >= 0.3 is 5.97 Å². The second-order valence-corrected chi connectivity index (χ2v) is 8.49. The summed E-state index contributed by atoms with van der Waals surface area (Å²) in [5.74, 6) is -0.324. The van der Waals surface area contributed by atoms with Gasteiger partial charge in [-0.25, -0.2) is 22.9 Å². The third-order valence-electron chi connectivity index (χ3n) is 4.66. The molecule has 0 aliphatic heterocycles. The van der Waals surface area contributed by atoms with Crippen molar-refractivity contribution in [2.45, 2.75) is 18.4 Å². The number of aryl methyl sites for hydroxylation is 1. The first-order valence-corrected chi connectivity index (χ1v) is 10.9. The highest BCUT2D eigenvalue weighted by Gasteiger charge is 2.17. The van der Waals surface area contributed by atoms with Crippen molar-refractivity contribution < 1.29 is 22.7 Å². The van der Waals surface area contributed by atoms with Crippen LogP contribution < -0.4 is 9.46 Å². The average Bonchev–Trinajstić information content (AvgIpc) is 3.31. The summed E-state index contributed by atoms with van der Waals surface area (Å²) in [6.07, 6.45) is 8.02. The van der Waals surface area contributed by atoms with E-state index in [2.05, 4.69) is 9.71 Å². The van der Waals surface area contributed by atoms with Gasteiger partial charge in [-0.1, -0.05) is 12.1 Å². The number of hydrogen-bond acceptors (Lipinski definition) is 6. The number of nitrogens with one attached hydrogen (secondary N) is 1. The van der Waals surface area contributed by atoms with Gasteiger partial charge in [0.2, 0.25) is 10.0 Å². The predicted molar refractivity (Wildman–Crippen MR) is 116 cm³/mol.